The smallest absolute Gasteiger partial charge is 0.407 e. The Kier molecular flexibility index (Phi) is 8.95. The summed E-state index contributed by atoms with van der Waals surface area (Å²) < 4.78 is 33.5. The SMILES string of the molecule is CCCNS(=O)(=O)NCC(CC(C)C)NC(=O)OC(C)(C)C. The van der Waals surface area contributed by atoms with E-state index in [0.29, 0.717) is 25.3 Å². The van der Waals surface area contributed by atoms with E-state index in [1.165, 1.54) is 0 Å². The van der Waals surface area contributed by atoms with Crippen LogP contribution in [0.2, 0.25) is 0 Å². The Labute approximate surface area is 134 Å². The predicted molar refractivity (Wildman–Crippen MR) is 87.8 cm³/mol. The van der Waals surface area contributed by atoms with Gasteiger partial charge in [-0.05, 0) is 39.5 Å². The van der Waals surface area contributed by atoms with E-state index in [1.54, 1.807) is 20.8 Å². The van der Waals surface area contributed by atoms with E-state index in [0.717, 1.165) is 0 Å². The van der Waals surface area contributed by atoms with Crippen LogP contribution >= 0.6 is 0 Å². The van der Waals surface area contributed by atoms with Crippen molar-refractivity contribution >= 4 is 16.3 Å². The molecule has 0 spiro atoms. The molecular weight excluding hydrogens is 306 g/mol. The highest BCUT2D eigenvalue weighted by Crippen LogP contribution is 2.09. The molecule has 3 N–H and O–H groups in total. The molecule has 22 heavy (non-hydrogen) atoms. The lowest BCUT2D eigenvalue weighted by atomic mass is 10.0. The monoisotopic (exact) mass is 337 g/mol. The molecular formula is C14H31N3O4S. The summed E-state index contributed by atoms with van der Waals surface area (Å²) in [4.78, 5) is 11.8. The molecule has 0 aliphatic heterocycles. The second-order valence-electron chi connectivity index (χ2n) is 6.72. The van der Waals surface area contributed by atoms with Gasteiger partial charge in [-0.1, -0.05) is 20.8 Å². The molecule has 0 aromatic rings. The standard InChI is InChI=1S/C14H31N3O4S/c1-7-8-15-22(19,20)16-10-12(9-11(2)3)17-13(18)21-14(4,5)6/h11-12,15-16H,7-10H2,1-6H3,(H,17,18). The molecule has 0 aromatic heterocycles. The number of carbonyl (C=O) groups excluding carboxylic acids is 1. The van der Waals surface area contributed by atoms with Gasteiger partial charge in [0.25, 0.3) is 10.2 Å². The van der Waals surface area contributed by atoms with Crippen LogP contribution in [0, 0.1) is 5.92 Å². The number of nitrogens with one attached hydrogen (secondary N) is 3. The zero-order valence-corrected chi connectivity index (χ0v) is 15.3. The first kappa shape index (κ1) is 21.1. The van der Waals surface area contributed by atoms with Gasteiger partial charge >= 0.3 is 6.09 Å². The van der Waals surface area contributed by atoms with E-state index in [1.807, 2.05) is 20.8 Å². The third-order valence-electron chi connectivity index (χ3n) is 2.54. The fraction of sp³-hybridized carbons (Fsp3) is 0.929. The summed E-state index contributed by atoms with van der Waals surface area (Å²) in [6.07, 6.45) is 0.820. The van der Waals surface area contributed by atoms with Crippen LogP contribution in [0.4, 0.5) is 4.79 Å². The van der Waals surface area contributed by atoms with E-state index in [-0.39, 0.29) is 12.6 Å². The maximum absolute atomic E-state index is 11.8. The Morgan fingerprint density at radius 3 is 2.23 bits per heavy atom. The van der Waals surface area contributed by atoms with Crippen LogP contribution < -0.4 is 14.8 Å². The van der Waals surface area contributed by atoms with Gasteiger partial charge in [0.2, 0.25) is 0 Å². The molecule has 0 saturated carbocycles. The third kappa shape index (κ3) is 11.8. The summed E-state index contributed by atoms with van der Waals surface area (Å²) in [5, 5.41) is 2.72. The van der Waals surface area contributed by atoms with Gasteiger partial charge in [-0.25, -0.2) is 14.2 Å². The predicted octanol–water partition coefficient (Wildman–Crippen LogP) is 1.76. The van der Waals surface area contributed by atoms with E-state index >= 15 is 0 Å². The molecule has 7 nitrogen and oxygen atoms in total. The highest BCUT2D eigenvalue weighted by molar-refractivity contribution is 7.87. The molecule has 0 bridgehead atoms. The van der Waals surface area contributed by atoms with Crippen molar-refractivity contribution in [2.75, 3.05) is 13.1 Å². The summed E-state index contributed by atoms with van der Waals surface area (Å²) in [6, 6.07) is -0.326. The van der Waals surface area contributed by atoms with Gasteiger partial charge in [-0.2, -0.15) is 8.42 Å². The van der Waals surface area contributed by atoms with Crippen LogP contribution in [-0.4, -0.2) is 39.2 Å². The number of ether oxygens (including phenoxy) is 1. The number of carbonyl (C=O) groups is 1. The summed E-state index contributed by atoms with van der Waals surface area (Å²) in [5.74, 6) is 0.313. The average Bonchev–Trinajstić information content (AvgIpc) is 2.30. The molecule has 1 atom stereocenters. The third-order valence-corrected chi connectivity index (χ3v) is 3.67. The second kappa shape index (κ2) is 9.32. The van der Waals surface area contributed by atoms with Gasteiger partial charge in [-0.15, -0.1) is 0 Å². The minimum atomic E-state index is -3.54. The molecule has 0 rings (SSSR count). The Balaban J connectivity index is 4.55. The number of alkyl carbamates (subject to hydrolysis) is 1. The molecule has 1 unspecified atom stereocenters. The lowest BCUT2D eigenvalue weighted by Gasteiger charge is -2.24. The highest BCUT2D eigenvalue weighted by atomic mass is 32.2. The number of hydrogen-bond acceptors (Lipinski definition) is 4. The molecule has 0 heterocycles. The summed E-state index contributed by atoms with van der Waals surface area (Å²) in [6.45, 7) is 11.7. The van der Waals surface area contributed by atoms with Crippen LogP contribution in [0.15, 0.2) is 0 Å². The largest absolute Gasteiger partial charge is 0.444 e. The van der Waals surface area contributed by atoms with Crippen molar-refractivity contribution in [1.29, 1.82) is 0 Å². The van der Waals surface area contributed by atoms with Crippen LogP contribution in [0.3, 0.4) is 0 Å². The molecule has 0 aromatic carbocycles. The molecule has 0 radical (unpaired) electrons. The Morgan fingerprint density at radius 1 is 1.18 bits per heavy atom. The topological polar surface area (TPSA) is 96.5 Å². The summed E-state index contributed by atoms with van der Waals surface area (Å²) in [7, 11) is -3.54. The molecule has 0 saturated heterocycles. The van der Waals surface area contributed by atoms with Crippen molar-refractivity contribution in [2.24, 2.45) is 5.92 Å². The van der Waals surface area contributed by atoms with E-state index < -0.39 is 21.9 Å². The van der Waals surface area contributed by atoms with Crippen LogP contribution in [0.1, 0.15) is 54.4 Å². The highest BCUT2D eigenvalue weighted by Gasteiger charge is 2.21. The zero-order chi connectivity index (χ0) is 17.4. The maximum atomic E-state index is 11.8. The number of hydrogen-bond donors (Lipinski definition) is 3. The van der Waals surface area contributed by atoms with Gasteiger partial charge < -0.3 is 10.1 Å². The maximum Gasteiger partial charge on any atom is 0.407 e. The van der Waals surface area contributed by atoms with Gasteiger partial charge in [0.05, 0.1) is 0 Å². The Morgan fingerprint density at radius 2 is 1.77 bits per heavy atom. The fourth-order valence-corrected chi connectivity index (χ4v) is 2.73. The van der Waals surface area contributed by atoms with E-state index in [2.05, 4.69) is 14.8 Å². The molecule has 132 valence electrons. The van der Waals surface area contributed by atoms with Crippen LogP contribution in [-0.2, 0) is 14.9 Å². The fourth-order valence-electron chi connectivity index (χ4n) is 1.73. The molecule has 8 heteroatoms. The lowest BCUT2D eigenvalue weighted by molar-refractivity contribution is 0.0499. The normalized spacial score (nSPS) is 14.0. The molecule has 0 fully saturated rings. The second-order valence-corrected chi connectivity index (χ2v) is 8.30. The number of rotatable bonds is 9. The van der Waals surface area contributed by atoms with Gasteiger partial charge in [-0.3, -0.25) is 0 Å². The van der Waals surface area contributed by atoms with Crippen LogP contribution in [0.5, 0.6) is 0 Å². The van der Waals surface area contributed by atoms with Gasteiger partial charge in [0.15, 0.2) is 0 Å². The van der Waals surface area contributed by atoms with Gasteiger partial charge in [0, 0.05) is 19.1 Å². The van der Waals surface area contributed by atoms with Crippen molar-refractivity contribution in [2.45, 2.75) is 66.0 Å². The van der Waals surface area contributed by atoms with Crippen molar-refractivity contribution in [3.8, 4) is 0 Å². The summed E-state index contributed by atoms with van der Waals surface area (Å²) in [5.41, 5.74) is -0.589. The van der Waals surface area contributed by atoms with Crippen LogP contribution in [0.25, 0.3) is 0 Å². The number of amides is 1. The Hall–Kier alpha value is -0.860. The van der Waals surface area contributed by atoms with Crippen molar-refractivity contribution < 1.29 is 17.9 Å². The molecule has 0 aliphatic rings. The van der Waals surface area contributed by atoms with Crippen molar-refractivity contribution in [3.63, 3.8) is 0 Å². The van der Waals surface area contributed by atoms with E-state index in [4.69, 9.17) is 4.74 Å². The Bertz CT molecular complexity index is 430. The van der Waals surface area contributed by atoms with Gasteiger partial charge in [0.1, 0.15) is 5.60 Å². The average molecular weight is 337 g/mol. The van der Waals surface area contributed by atoms with E-state index in [9.17, 15) is 13.2 Å². The first-order chi connectivity index (χ1) is 9.95. The first-order valence-corrected chi connectivity index (χ1v) is 9.17. The minimum absolute atomic E-state index is 0.121. The van der Waals surface area contributed by atoms with Crippen molar-refractivity contribution in [3.05, 3.63) is 0 Å². The minimum Gasteiger partial charge on any atom is -0.444 e. The molecule has 1 amide bonds. The van der Waals surface area contributed by atoms with Crippen molar-refractivity contribution in [1.82, 2.24) is 14.8 Å². The summed E-state index contributed by atoms with van der Waals surface area (Å²) >= 11 is 0. The zero-order valence-electron chi connectivity index (χ0n) is 14.5. The lowest BCUT2D eigenvalue weighted by Crippen LogP contribution is -2.48. The molecule has 0 aliphatic carbocycles. The first-order valence-electron chi connectivity index (χ1n) is 7.69. The quantitative estimate of drug-likeness (QED) is 0.597.